The number of rotatable bonds is 2. The van der Waals surface area contributed by atoms with Crippen molar-refractivity contribution < 1.29 is 9.63 Å². The van der Waals surface area contributed by atoms with Crippen molar-refractivity contribution >= 4 is 0 Å². The zero-order valence-electron chi connectivity index (χ0n) is 10.4. The van der Waals surface area contributed by atoms with Crippen LogP contribution in [0, 0.1) is 6.92 Å². The van der Waals surface area contributed by atoms with E-state index in [1.54, 1.807) is 24.3 Å². The van der Waals surface area contributed by atoms with E-state index in [1.807, 2.05) is 31.2 Å². The number of hydrogen-bond donors (Lipinski definition) is 1. The third-order valence-electron chi connectivity index (χ3n) is 2.93. The van der Waals surface area contributed by atoms with Crippen molar-refractivity contribution in [2.24, 2.45) is 0 Å². The maximum atomic E-state index is 9.26. The fourth-order valence-electron chi connectivity index (χ4n) is 1.87. The van der Waals surface area contributed by atoms with Crippen LogP contribution in [-0.4, -0.2) is 15.2 Å². The first-order chi connectivity index (χ1) is 9.24. The van der Waals surface area contributed by atoms with Crippen LogP contribution in [0.25, 0.3) is 22.8 Å². The fourth-order valence-corrected chi connectivity index (χ4v) is 1.87. The molecule has 0 amide bonds. The molecule has 0 radical (unpaired) electrons. The minimum absolute atomic E-state index is 0.214. The summed E-state index contributed by atoms with van der Waals surface area (Å²) in [5, 5.41) is 13.2. The van der Waals surface area contributed by atoms with E-state index in [-0.39, 0.29) is 5.75 Å². The molecule has 3 rings (SSSR count). The molecule has 2 aromatic carbocycles. The van der Waals surface area contributed by atoms with Crippen molar-refractivity contribution in [1.82, 2.24) is 10.1 Å². The molecule has 1 aromatic heterocycles. The zero-order chi connectivity index (χ0) is 13.2. The Hall–Kier alpha value is -2.62. The lowest BCUT2D eigenvalue weighted by molar-refractivity contribution is 0.432. The monoisotopic (exact) mass is 252 g/mol. The number of hydrogen-bond acceptors (Lipinski definition) is 4. The van der Waals surface area contributed by atoms with Gasteiger partial charge in [-0.05, 0) is 42.8 Å². The average molecular weight is 252 g/mol. The molecule has 0 aliphatic heterocycles. The van der Waals surface area contributed by atoms with Gasteiger partial charge in [0.2, 0.25) is 5.82 Å². The Labute approximate surface area is 110 Å². The Morgan fingerprint density at radius 2 is 1.74 bits per heavy atom. The van der Waals surface area contributed by atoms with Crippen molar-refractivity contribution in [3.8, 4) is 28.6 Å². The molecule has 4 heteroatoms. The number of aromatic hydroxyl groups is 1. The molecule has 3 aromatic rings. The van der Waals surface area contributed by atoms with Gasteiger partial charge in [-0.15, -0.1) is 0 Å². The number of nitrogens with zero attached hydrogens (tertiary/aromatic N) is 2. The van der Waals surface area contributed by atoms with Crippen LogP contribution in [0.1, 0.15) is 5.56 Å². The van der Waals surface area contributed by atoms with Crippen LogP contribution >= 0.6 is 0 Å². The quantitative estimate of drug-likeness (QED) is 0.759. The highest BCUT2D eigenvalue weighted by molar-refractivity contribution is 5.62. The lowest BCUT2D eigenvalue weighted by Gasteiger charge is -1.98. The van der Waals surface area contributed by atoms with Gasteiger partial charge in [-0.3, -0.25) is 0 Å². The molecule has 1 N–H and O–H groups in total. The minimum atomic E-state index is 0.214. The summed E-state index contributed by atoms with van der Waals surface area (Å²) in [6.45, 7) is 2.00. The second-order valence-corrected chi connectivity index (χ2v) is 4.28. The number of benzene rings is 2. The molecule has 1 heterocycles. The van der Waals surface area contributed by atoms with Gasteiger partial charge in [0.25, 0.3) is 5.89 Å². The molecular formula is C15H12N2O2. The zero-order valence-corrected chi connectivity index (χ0v) is 10.4. The summed E-state index contributed by atoms with van der Waals surface area (Å²) in [6.07, 6.45) is 0. The Morgan fingerprint density at radius 1 is 1.00 bits per heavy atom. The van der Waals surface area contributed by atoms with E-state index >= 15 is 0 Å². The molecule has 0 fully saturated rings. The summed E-state index contributed by atoms with van der Waals surface area (Å²) < 4.78 is 5.29. The minimum Gasteiger partial charge on any atom is -0.508 e. The summed E-state index contributed by atoms with van der Waals surface area (Å²) in [4.78, 5) is 4.38. The van der Waals surface area contributed by atoms with Crippen LogP contribution in [-0.2, 0) is 0 Å². The number of phenolic OH excluding ortho intramolecular Hbond substituents is 1. The van der Waals surface area contributed by atoms with E-state index < -0.39 is 0 Å². The van der Waals surface area contributed by atoms with E-state index in [2.05, 4.69) is 10.1 Å². The topological polar surface area (TPSA) is 59.2 Å². The Morgan fingerprint density at radius 3 is 2.47 bits per heavy atom. The standard InChI is InChI=1S/C15H12N2O2/c1-10-4-2-3-5-13(10)15-16-14(17-19-15)11-6-8-12(18)9-7-11/h2-9,18H,1H3. The summed E-state index contributed by atoms with van der Waals surface area (Å²) in [7, 11) is 0. The smallest absolute Gasteiger partial charge is 0.258 e. The van der Waals surface area contributed by atoms with Crippen LogP contribution in [0.4, 0.5) is 0 Å². The van der Waals surface area contributed by atoms with Gasteiger partial charge in [0, 0.05) is 11.1 Å². The number of aromatic nitrogens is 2. The molecular weight excluding hydrogens is 240 g/mol. The Kier molecular flexibility index (Phi) is 2.76. The highest BCUT2D eigenvalue weighted by Crippen LogP contribution is 2.25. The molecule has 4 nitrogen and oxygen atoms in total. The highest BCUT2D eigenvalue weighted by atomic mass is 16.5. The fraction of sp³-hybridized carbons (Fsp3) is 0.0667. The third-order valence-corrected chi connectivity index (χ3v) is 2.93. The maximum absolute atomic E-state index is 9.26. The van der Waals surface area contributed by atoms with Crippen molar-refractivity contribution in [1.29, 1.82) is 0 Å². The van der Waals surface area contributed by atoms with Gasteiger partial charge in [-0.25, -0.2) is 0 Å². The third kappa shape index (κ3) is 2.20. The second-order valence-electron chi connectivity index (χ2n) is 4.28. The van der Waals surface area contributed by atoms with Crippen molar-refractivity contribution in [2.75, 3.05) is 0 Å². The summed E-state index contributed by atoms with van der Waals surface area (Å²) in [5.41, 5.74) is 2.82. The highest BCUT2D eigenvalue weighted by Gasteiger charge is 2.11. The van der Waals surface area contributed by atoms with Gasteiger partial charge in [0.05, 0.1) is 0 Å². The molecule has 0 aliphatic carbocycles. The number of aryl methyl sites for hydroxylation is 1. The summed E-state index contributed by atoms with van der Waals surface area (Å²) in [6, 6.07) is 14.5. The second kappa shape index (κ2) is 4.57. The van der Waals surface area contributed by atoms with Crippen molar-refractivity contribution in [2.45, 2.75) is 6.92 Å². The van der Waals surface area contributed by atoms with Crippen LogP contribution in [0.2, 0.25) is 0 Å². The molecule has 0 saturated heterocycles. The lowest BCUT2D eigenvalue weighted by Crippen LogP contribution is -1.83. The van der Waals surface area contributed by atoms with Crippen LogP contribution in [0.15, 0.2) is 53.1 Å². The summed E-state index contributed by atoms with van der Waals surface area (Å²) in [5.74, 6) is 1.23. The van der Waals surface area contributed by atoms with Gasteiger partial charge < -0.3 is 9.63 Å². The summed E-state index contributed by atoms with van der Waals surface area (Å²) >= 11 is 0. The Bertz CT molecular complexity index is 702. The molecule has 0 aliphatic rings. The van der Waals surface area contributed by atoms with Crippen molar-refractivity contribution in [3.63, 3.8) is 0 Å². The van der Waals surface area contributed by atoms with Crippen LogP contribution in [0.5, 0.6) is 5.75 Å². The largest absolute Gasteiger partial charge is 0.508 e. The predicted molar refractivity (Wildman–Crippen MR) is 71.6 cm³/mol. The maximum Gasteiger partial charge on any atom is 0.258 e. The van der Waals surface area contributed by atoms with Crippen LogP contribution in [0.3, 0.4) is 0 Å². The predicted octanol–water partition coefficient (Wildman–Crippen LogP) is 3.42. The molecule has 0 unspecified atom stereocenters. The van der Waals surface area contributed by atoms with E-state index in [4.69, 9.17) is 4.52 Å². The first kappa shape index (κ1) is 11.5. The number of phenols is 1. The van der Waals surface area contributed by atoms with E-state index in [1.165, 1.54) is 0 Å². The van der Waals surface area contributed by atoms with Gasteiger partial charge in [-0.2, -0.15) is 4.98 Å². The molecule has 0 bridgehead atoms. The normalized spacial score (nSPS) is 10.6. The first-order valence-electron chi connectivity index (χ1n) is 5.93. The van der Waals surface area contributed by atoms with E-state index in [0.717, 1.165) is 16.7 Å². The molecule has 0 atom stereocenters. The van der Waals surface area contributed by atoms with E-state index in [0.29, 0.717) is 11.7 Å². The molecule has 19 heavy (non-hydrogen) atoms. The average Bonchev–Trinajstić information content (AvgIpc) is 2.89. The van der Waals surface area contributed by atoms with E-state index in [9.17, 15) is 5.11 Å². The molecule has 94 valence electrons. The van der Waals surface area contributed by atoms with Gasteiger partial charge in [-0.1, -0.05) is 23.4 Å². The van der Waals surface area contributed by atoms with Crippen LogP contribution < -0.4 is 0 Å². The molecule has 0 spiro atoms. The van der Waals surface area contributed by atoms with Crippen molar-refractivity contribution in [3.05, 3.63) is 54.1 Å². The first-order valence-corrected chi connectivity index (χ1v) is 5.93. The lowest BCUT2D eigenvalue weighted by atomic mass is 10.1. The Balaban J connectivity index is 2.00. The molecule has 0 saturated carbocycles. The van der Waals surface area contributed by atoms with Gasteiger partial charge in [0.15, 0.2) is 0 Å². The SMILES string of the molecule is Cc1ccccc1-c1nc(-c2ccc(O)cc2)no1. The van der Waals surface area contributed by atoms with Gasteiger partial charge in [0.1, 0.15) is 5.75 Å². The van der Waals surface area contributed by atoms with Gasteiger partial charge >= 0.3 is 0 Å².